The molecular weight excluding hydrogens is 260 g/mol. The molecule has 19 heavy (non-hydrogen) atoms. The van der Waals surface area contributed by atoms with Crippen molar-refractivity contribution < 1.29 is 12.6 Å². The SMILES string of the molecule is CS(=O)(=O)Oc1cccc(CC23C=CC(CC2)C3)c1. The van der Waals surface area contributed by atoms with Crippen molar-refractivity contribution in [2.24, 2.45) is 11.3 Å². The molecular formula is C15H18O3S. The van der Waals surface area contributed by atoms with Gasteiger partial charge in [-0.05, 0) is 54.7 Å². The number of rotatable bonds is 4. The maximum Gasteiger partial charge on any atom is 0.306 e. The Labute approximate surface area is 114 Å². The molecule has 0 saturated heterocycles. The van der Waals surface area contributed by atoms with E-state index in [2.05, 4.69) is 12.2 Å². The van der Waals surface area contributed by atoms with Crippen molar-refractivity contribution in [1.29, 1.82) is 0 Å². The predicted octanol–water partition coefficient (Wildman–Crippen LogP) is 2.92. The first-order valence-electron chi connectivity index (χ1n) is 6.62. The molecule has 2 unspecified atom stereocenters. The molecule has 0 N–H and O–H groups in total. The first kappa shape index (κ1) is 12.7. The van der Waals surface area contributed by atoms with Crippen molar-refractivity contribution in [2.45, 2.75) is 25.7 Å². The highest BCUT2D eigenvalue weighted by Crippen LogP contribution is 2.51. The molecule has 1 aromatic rings. The van der Waals surface area contributed by atoms with Gasteiger partial charge in [-0.2, -0.15) is 8.42 Å². The molecule has 1 saturated carbocycles. The van der Waals surface area contributed by atoms with E-state index in [1.807, 2.05) is 18.2 Å². The monoisotopic (exact) mass is 278 g/mol. The Kier molecular flexibility index (Phi) is 2.93. The van der Waals surface area contributed by atoms with Crippen molar-refractivity contribution in [3.63, 3.8) is 0 Å². The van der Waals surface area contributed by atoms with E-state index in [1.54, 1.807) is 6.07 Å². The van der Waals surface area contributed by atoms with Crippen LogP contribution in [0.4, 0.5) is 0 Å². The van der Waals surface area contributed by atoms with Crippen LogP contribution in [0.1, 0.15) is 24.8 Å². The molecule has 0 aromatic heterocycles. The Bertz CT molecular complexity index is 618. The lowest BCUT2D eigenvalue weighted by molar-refractivity contribution is 0.400. The molecule has 3 nitrogen and oxygen atoms in total. The van der Waals surface area contributed by atoms with Crippen LogP contribution < -0.4 is 4.18 Å². The molecule has 0 aliphatic heterocycles. The van der Waals surface area contributed by atoms with Crippen LogP contribution in [-0.2, 0) is 16.5 Å². The van der Waals surface area contributed by atoms with Crippen molar-refractivity contribution >= 4 is 10.1 Å². The molecule has 2 aliphatic carbocycles. The molecule has 2 aliphatic rings. The first-order valence-corrected chi connectivity index (χ1v) is 8.44. The third-order valence-electron chi connectivity index (χ3n) is 4.11. The third kappa shape index (κ3) is 2.84. The minimum atomic E-state index is -3.45. The lowest BCUT2D eigenvalue weighted by atomic mass is 9.81. The highest BCUT2D eigenvalue weighted by atomic mass is 32.2. The smallest absolute Gasteiger partial charge is 0.306 e. The summed E-state index contributed by atoms with van der Waals surface area (Å²) in [5.41, 5.74) is 1.45. The summed E-state index contributed by atoms with van der Waals surface area (Å²) in [6, 6.07) is 7.43. The van der Waals surface area contributed by atoms with Crippen LogP contribution in [0.25, 0.3) is 0 Å². The van der Waals surface area contributed by atoms with E-state index < -0.39 is 10.1 Å². The van der Waals surface area contributed by atoms with E-state index in [4.69, 9.17) is 4.18 Å². The standard InChI is InChI=1S/C15H18O3S/c1-19(16,17)18-14-4-2-3-13(9-14)11-15-7-5-12(10-15)6-8-15/h2-5,7,9,12H,6,8,10-11H2,1H3. The van der Waals surface area contributed by atoms with Gasteiger partial charge in [-0.3, -0.25) is 0 Å². The molecule has 2 bridgehead atoms. The second-order valence-electron chi connectivity index (χ2n) is 5.84. The zero-order valence-corrected chi connectivity index (χ0v) is 11.8. The third-order valence-corrected chi connectivity index (χ3v) is 4.60. The van der Waals surface area contributed by atoms with Gasteiger partial charge in [0.05, 0.1) is 6.26 Å². The van der Waals surface area contributed by atoms with Crippen LogP contribution in [-0.4, -0.2) is 14.7 Å². The summed E-state index contributed by atoms with van der Waals surface area (Å²) in [5.74, 6) is 1.17. The Hall–Kier alpha value is -1.29. The van der Waals surface area contributed by atoms with Gasteiger partial charge in [-0.25, -0.2) is 0 Å². The zero-order valence-electron chi connectivity index (χ0n) is 11.0. The molecule has 0 spiro atoms. The van der Waals surface area contributed by atoms with Gasteiger partial charge in [0, 0.05) is 0 Å². The normalized spacial score (nSPS) is 28.8. The van der Waals surface area contributed by atoms with Crippen LogP contribution in [0.15, 0.2) is 36.4 Å². The largest absolute Gasteiger partial charge is 0.383 e. The number of hydrogen-bond donors (Lipinski definition) is 0. The average Bonchev–Trinajstić information content (AvgIpc) is 2.86. The fourth-order valence-electron chi connectivity index (χ4n) is 3.36. The van der Waals surface area contributed by atoms with Crippen LogP contribution in [0.5, 0.6) is 5.75 Å². The molecule has 1 fully saturated rings. The quantitative estimate of drug-likeness (QED) is 0.628. The summed E-state index contributed by atoms with van der Waals surface area (Å²) in [6.45, 7) is 0. The molecule has 4 heteroatoms. The van der Waals surface area contributed by atoms with Crippen LogP contribution in [0.2, 0.25) is 0 Å². The minimum absolute atomic E-state index is 0.300. The molecule has 3 rings (SSSR count). The number of fused-ring (bicyclic) bond motifs is 2. The maximum atomic E-state index is 11.1. The minimum Gasteiger partial charge on any atom is -0.383 e. The second kappa shape index (κ2) is 4.37. The highest BCUT2D eigenvalue weighted by Gasteiger charge is 2.40. The molecule has 0 heterocycles. The van der Waals surface area contributed by atoms with Gasteiger partial charge in [-0.1, -0.05) is 24.3 Å². The Balaban J connectivity index is 1.79. The maximum absolute atomic E-state index is 11.1. The topological polar surface area (TPSA) is 43.4 Å². The van der Waals surface area contributed by atoms with Gasteiger partial charge in [0.1, 0.15) is 5.75 Å². The van der Waals surface area contributed by atoms with Gasteiger partial charge in [-0.15, -0.1) is 0 Å². The molecule has 102 valence electrons. The summed E-state index contributed by atoms with van der Waals surface area (Å²) in [5, 5.41) is 0. The highest BCUT2D eigenvalue weighted by molar-refractivity contribution is 7.86. The van der Waals surface area contributed by atoms with E-state index in [0.717, 1.165) is 24.2 Å². The molecule has 2 atom stereocenters. The van der Waals surface area contributed by atoms with E-state index in [0.29, 0.717) is 11.2 Å². The van der Waals surface area contributed by atoms with E-state index >= 15 is 0 Å². The Morgan fingerprint density at radius 1 is 1.42 bits per heavy atom. The molecule has 0 radical (unpaired) electrons. The zero-order chi connectivity index (χ0) is 13.5. The van der Waals surface area contributed by atoms with Crippen molar-refractivity contribution in [2.75, 3.05) is 6.26 Å². The van der Waals surface area contributed by atoms with Crippen molar-refractivity contribution in [1.82, 2.24) is 0 Å². The summed E-state index contributed by atoms with van der Waals surface area (Å²) in [4.78, 5) is 0. The van der Waals surface area contributed by atoms with E-state index in [-0.39, 0.29) is 0 Å². The Morgan fingerprint density at radius 3 is 2.84 bits per heavy atom. The fourth-order valence-corrected chi connectivity index (χ4v) is 3.82. The number of allylic oxidation sites excluding steroid dienone is 2. The summed E-state index contributed by atoms with van der Waals surface area (Å²) >= 11 is 0. The van der Waals surface area contributed by atoms with Gasteiger partial charge >= 0.3 is 10.1 Å². The lowest BCUT2D eigenvalue weighted by Crippen LogP contribution is -2.15. The van der Waals surface area contributed by atoms with Gasteiger partial charge < -0.3 is 4.18 Å². The average molecular weight is 278 g/mol. The summed E-state index contributed by atoms with van der Waals surface area (Å²) in [7, 11) is -3.45. The molecule has 1 aromatic carbocycles. The number of benzene rings is 1. The van der Waals surface area contributed by atoms with E-state index in [9.17, 15) is 8.42 Å². The van der Waals surface area contributed by atoms with E-state index in [1.165, 1.54) is 19.3 Å². The Morgan fingerprint density at radius 2 is 2.26 bits per heavy atom. The number of hydrogen-bond acceptors (Lipinski definition) is 3. The fraction of sp³-hybridized carbons (Fsp3) is 0.467. The summed E-state index contributed by atoms with van der Waals surface area (Å²) < 4.78 is 27.2. The van der Waals surface area contributed by atoms with Crippen molar-refractivity contribution in [3.05, 3.63) is 42.0 Å². The van der Waals surface area contributed by atoms with Crippen LogP contribution in [0, 0.1) is 11.3 Å². The van der Waals surface area contributed by atoms with Crippen LogP contribution >= 0.6 is 0 Å². The van der Waals surface area contributed by atoms with Gasteiger partial charge in [0.2, 0.25) is 0 Å². The summed E-state index contributed by atoms with van der Waals surface area (Å²) in [6.07, 6.45) is 10.5. The predicted molar refractivity (Wildman–Crippen MR) is 74.5 cm³/mol. The van der Waals surface area contributed by atoms with Crippen LogP contribution in [0.3, 0.4) is 0 Å². The van der Waals surface area contributed by atoms with Gasteiger partial charge in [0.15, 0.2) is 0 Å². The van der Waals surface area contributed by atoms with Gasteiger partial charge in [0.25, 0.3) is 0 Å². The van der Waals surface area contributed by atoms with Crippen molar-refractivity contribution in [3.8, 4) is 5.75 Å². The second-order valence-corrected chi connectivity index (χ2v) is 7.41. The molecule has 0 amide bonds. The lowest BCUT2D eigenvalue weighted by Gasteiger charge is -2.23. The first-order chi connectivity index (χ1) is 8.94.